The van der Waals surface area contributed by atoms with Gasteiger partial charge in [0.25, 0.3) is 0 Å². The van der Waals surface area contributed by atoms with Gasteiger partial charge in [-0.1, -0.05) is 13.8 Å². The van der Waals surface area contributed by atoms with Gasteiger partial charge in [-0.15, -0.1) is 0 Å². The molecule has 2 aliphatic rings. The summed E-state index contributed by atoms with van der Waals surface area (Å²) in [6, 6.07) is 3.75. The second-order valence-corrected chi connectivity index (χ2v) is 5.53. The number of hydrogen-bond donors (Lipinski definition) is 1. The molecule has 1 aromatic rings. The molecule has 5 heteroatoms. The highest BCUT2D eigenvalue weighted by Crippen LogP contribution is 2.63. The minimum atomic E-state index is -0.551. The predicted octanol–water partition coefficient (Wildman–Crippen LogP) is 1.55. The average Bonchev–Trinajstić information content (AvgIpc) is 2.67. The van der Waals surface area contributed by atoms with E-state index in [4.69, 9.17) is 5.73 Å². The zero-order valence-electron chi connectivity index (χ0n) is 10.1. The standard InChI is InChI=1S/C13H13FN2O2/c1-13(2)9-10(13)12(18)16(11(9)17)8-4-6(14)3-7(15)5-8/h3-5,9-10H,15H2,1-2H3. The third-order valence-corrected chi connectivity index (χ3v) is 3.96. The number of nitrogens with two attached hydrogens (primary N) is 1. The summed E-state index contributed by atoms with van der Waals surface area (Å²) in [5.41, 5.74) is 5.69. The molecular formula is C13H13FN2O2. The summed E-state index contributed by atoms with van der Waals surface area (Å²) in [5, 5.41) is 0. The number of hydrogen-bond acceptors (Lipinski definition) is 3. The lowest BCUT2D eigenvalue weighted by Gasteiger charge is -2.20. The van der Waals surface area contributed by atoms with Crippen LogP contribution in [0.5, 0.6) is 0 Å². The zero-order valence-corrected chi connectivity index (χ0v) is 10.1. The van der Waals surface area contributed by atoms with Crippen molar-refractivity contribution in [1.29, 1.82) is 0 Å². The molecule has 1 aliphatic heterocycles. The van der Waals surface area contributed by atoms with Gasteiger partial charge in [-0.05, 0) is 23.6 Å². The fraction of sp³-hybridized carbons (Fsp3) is 0.385. The van der Waals surface area contributed by atoms with Crippen LogP contribution in [0, 0.1) is 23.1 Å². The van der Waals surface area contributed by atoms with E-state index in [1.807, 2.05) is 13.8 Å². The number of amides is 2. The number of nitrogen functional groups attached to an aromatic ring is 1. The van der Waals surface area contributed by atoms with E-state index >= 15 is 0 Å². The van der Waals surface area contributed by atoms with Crippen LogP contribution in [0.4, 0.5) is 15.8 Å². The first-order valence-electron chi connectivity index (χ1n) is 5.78. The van der Waals surface area contributed by atoms with E-state index in [9.17, 15) is 14.0 Å². The van der Waals surface area contributed by atoms with Crippen LogP contribution in [-0.4, -0.2) is 11.8 Å². The highest BCUT2D eigenvalue weighted by Gasteiger charge is 2.72. The third kappa shape index (κ3) is 1.24. The van der Waals surface area contributed by atoms with E-state index in [2.05, 4.69) is 0 Å². The third-order valence-electron chi connectivity index (χ3n) is 3.96. The molecule has 1 saturated carbocycles. The van der Waals surface area contributed by atoms with Gasteiger partial charge < -0.3 is 5.73 Å². The first-order valence-corrected chi connectivity index (χ1v) is 5.78. The molecule has 1 saturated heterocycles. The number of carbonyl (C=O) groups is 2. The van der Waals surface area contributed by atoms with Crippen LogP contribution in [0.15, 0.2) is 18.2 Å². The van der Waals surface area contributed by atoms with Gasteiger partial charge in [-0.2, -0.15) is 0 Å². The average molecular weight is 248 g/mol. The van der Waals surface area contributed by atoms with E-state index in [0.29, 0.717) is 0 Å². The Balaban J connectivity index is 2.01. The van der Waals surface area contributed by atoms with Crippen molar-refractivity contribution in [3.63, 3.8) is 0 Å². The monoisotopic (exact) mass is 248 g/mol. The number of carbonyl (C=O) groups excluding carboxylic acids is 2. The van der Waals surface area contributed by atoms with E-state index < -0.39 is 5.82 Å². The molecule has 2 amide bonds. The summed E-state index contributed by atoms with van der Waals surface area (Å²) in [6.45, 7) is 3.80. The first-order chi connectivity index (χ1) is 8.34. The molecule has 18 heavy (non-hydrogen) atoms. The second kappa shape index (κ2) is 3.10. The van der Waals surface area contributed by atoms with Gasteiger partial charge in [0, 0.05) is 5.69 Å². The summed E-state index contributed by atoms with van der Waals surface area (Å²) < 4.78 is 13.3. The van der Waals surface area contributed by atoms with Crippen LogP contribution in [-0.2, 0) is 9.59 Å². The summed E-state index contributed by atoms with van der Waals surface area (Å²) in [7, 11) is 0. The summed E-state index contributed by atoms with van der Waals surface area (Å²) in [5.74, 6) is -1.59. The number of piperidine rings is 1. The molecule has 0 bridgehead atoms. The SMILES string of the molecule is CC1(C)C2C(=O)N(c3cc(N)cc(F)c3)C(=O)C21. The topological polar surface area (TPSA) is 63.4 Å². The Morgan fingerprint density at radius 3 is 2.22 bits per heavy atom. The van der Waals surface area contributed by atoms with Crippen LogP contribution in [0.3, 0.4) is 0 Å². The van der Waals surface area contributed by atoms with Gasteiger partial charge in [-0.25, -0.2) is 9.29 Å². The molecule has 3 rings (SSSR count). The van der Waals surface area contributed by atoms with E-state index in [1.165, 1.54) is 6.07 Å². The Hall–Kier alpha value is -1.91. The number of imide groups is 1. The zero-order chi connectivity index (χ0) is 13.2. The van der Waals surface area contributed by atoms with Crippen LogP contribution in [0.1, 0.15) is 13.8 Å². The van der Waals surface area contributed by atoms with E-state index in [0.717, 1.165) is 17.0 Å². The van der Waals surface area contributed by atoms with Crippen LogP contribution >= 0.6 is 0 Å². The van der Waals surface area contributed by atoms with Crippen molar-refractivity contribution in [2.75, 3.05) is 10.6 Å². The molecule has 2 fully saturated rings. The maximum Gasteiger partial charge on any atom is 0.238 e. The minimum absolute atomic E-state index is 0.199. The highest BCUT2D eigenvalue weighted by molar-refractivity contribution is 6.25. The van der Waals surface area contributed by atoms with Gasteiger partial charge in [0.15, 0.2) is 0 Å². The van der Waals surface area contributed by atoms with Gasteiger partial charge in [0.2, 0.25) is 11.8 Å². The molecule has 2 N–H and O–H groups in total. The van der Waals surface area contributed by atoms with Crippen LogP contribution in [0.25, 0.3) is 0 Å². The lowest BCUT2D eigenvalue weighted by atomic mass is 10.1. The summed E-state index contributed by atoms with van der Waals surface area (Å²) >= 11 is 0. The number of benzene rings is 1. The van der Waals surface area contributed by atoms with Gasteiger partial charge in [-0.3, -0.25) is 9.59 Å². The Kier molecular flexibility index (Phi) is 1.93. The molecule has 94 valence electrons. The van der Waals surface area contributed by atoms with Crippen LogP contribution < -0.4 is 10.6 Å². The van der Waals surface area contributed by atoms with Crippen molar-refractivity contribution in [3.05, 3.63) is 24.0 Å². The first kappa shape index (κ1) is 11.2. The second-order valence-electron chi connectivity index (χ2n) is 5.53. The largest absolute Gasteiger partial charge is 0.399 e. The molecule has 0 radical (unpaired) electrons. The molecule has 4 nitrogen and oxygen atoms in total. The van der Waals surface area contributed by atoms with Crippen molar-refractivity contribution >= 4 is 23.2 Å². The molecule has 0 spiro atoms. The number of halogens is 1. The van der Waals surface area contributed by atoms with Crippen molar-refractivity contribution in [2.45, 2.75) is 13.8 Å². The molecular weight excluding hydrogens is 235 g/mol. The van der Waals surface area contributed by atoms with Gasteiger partial charge >= 0.3 is 0 Å². The van der Waals surface area contributed by atoms with Crippen molar-refractivity contribution in [2.24, 2.45) is 17.3 Å². The molecule has 2 unspecified atom stereocenters. The quantitative estimate of drug-likeness (QED) is 0.606. The lowest BCUT2D eigenvalue weighted by Crippen LogP contribution is -2.36. The molecule has 1 heterocycles. The van der Waals surface area contributed by atoms with Gasteiger partial charge in [0.05, 0.1) is 17.5 Å². The molecule has 1 aliphatic carbocycles. The fourth-order valence-electron chi connectivity index (χ4n) is 2.93. The minimum Gasteiger partial charge on any atom is -0.399 e. The van der Waals surface area contributed by atoms with Crippen molar-refractivity contribution in [3.8, 4) is 0 Å². The number of rotatable bonds is 1. The highest BCUT2D eigenvalue weighted by atomic mass is 19.1. The Morgan fingerprint density at radius 1 is 1.17 bits per heavy atom. The number of nitrogens with zero attached hydrogens (tertiary/aromatic N) is 1. The fourth-order valence-corrected chi connectivity index (χ4v) is 2.93. The van der Waals surface area contributed by atoms with Crippen LogP contribution in [0.2, 0.25) is 0 Å². The van der Waals surface area contributed by atoms with Crippen molar-refractivity contribution in [1.82, 2.24) is 0 Å². The Bertz CT molecular complexity index is 538. The molecule has 2 atom stereocenters. The van der Waals surface area contributed by atoms with E-state index in [1.54, 1.807) is 0 Å². The van der Waals surface area contributed by atoms with Gasteiger partial charge in [0.1, 0.15) is 5.82 Å². The summed E-state index contributed by atoms with van der Waals surface area (Å²) in [4.78, 5) is 25.3. The lowest BCUT2D eigenvalue weighted by molar-refractivity contribution is -0.125. The number of anilines is 2. The normalized spacial score (nSPS) is 28.5. The maximum absolute atomic E-state index is 13.3. The predicted molar refractivity (Wildman–Crippen MR) is 64.1 cm³/mol. The summed E-state index contributed by atoms with van der Waals surface area (Å²) in [6.07, 6.45) is 0. The molecule has 0 aromatic heterocycles. The smallest absolute Gasteiger partial charge is 0.238 e. The molecule has 1 aromatic carbocycles. The van der Waals surface area contributed by atoms with Crippen molar-refractivity contribution < 1.29 is 14.0 Å². The maximum atomic E-state index is 13.3. The Morgan fingerprint density at radius 2 is 1.72 bits per heavy atom. The number of fused-ring (bicyclic) bond motifs is 1. The Labute approximate surface area is 104 Å². The van der Waals surface area contributed by atoms with E-state index in [-0.39, 0.29) is 40.4 Å².